The van der Waals surface area contributed by atoms with E-state index in [-0.39, 0.29) is 17.8 Å². The van der Waals surface area contributed by atoms with Crippen LogP contribution in [0.4, 0.5) is 13.2 Å². The molecular formula is C17H15F3O. The first kappa shape index (κ1) is 15.3. The number of Topliss-reactive ketones (excluding diaryl/α,β-unsaturated/α-hetero) is 1. The fraction of sp³-hybridized carbons (Fsp3) is 0.235. The van der Waals surface area contributed by atoms with Crippen molar-refractivity contribution in [2.24, 2.45) is 0 Å². The fourth-order valence-corrected chi connectivity index (χ4v) is 2.10. The van der Waals surface area contributed by atoms with E-state index < -0.39 is 22.9 Å². The minimum absolute atomic E-state index is 0.0233. The zero-order chi connectivity index (χ0) is 15.6. The third-order valence-corrected chi connectivity index (χ3v) is 3.62. The lowest BCUT2D eigenvalue weighted by atomic mass is 9.78. The summed E-state index contributed by atoms with van der Waals surface area (Å²) in [5, 5.41) is 0. The molecule has 0 aliphatic heterocycles. The van der Waals surface area contributed by atoms with Crippen LogP contribution in [0.1, 0.15) is 25.0 Å². The van der Waals surface area contributed by atoms with Crippen molar-refractivity contribution < 1.29 is 18.0 Å². The first-order chi connectivity index (χ1) is 9.80. The molecule has 0 atom stereocenters. The number of carbonyl (C=O) groups excluding carboxylic acids is 1. The standard InChI is InChI=1S/C17H15F3O/c1-17(2,12-3-5-13(18)6-4-12)16(21)10-11-9-14(19)7-8-15(11)20/h3-9H,10H2,1-2H3. The summed E-state index contributed by atoms with van der Waals surface area (Å²) >= 11 is 0. The predicted octanol–water partition coefficient (Wildman–Crippen LogP) is 4.19. The van der Waals surface area contributed by atoms with E-state index in [0.717, 1.165) is 18.2 Å². The predicted molar refractivity (Wildman–Crippen MR) is 74.5 cm³/mol. The molecule has 21 heavy (non-hydrogen) atoms. The molecule has 4 heteroatoms. The zero-order valence-electron chi connectivity index (χ0n) is 11.8. The molecule has 0 saturated heterocycles. The molecule has 0 fully saturated rings. The summed E-state index contributed by atoms with van der Waals surface area (Å²) in [6, 6.07) is 8.62. The molecule has 2 rings (SSSR count). The van der Waals surface area contributed by atoms with Crippen LogP contribution in [0.3, 0.4) is 0 Å². The molecule has 2 aromatic rings. The lowest BCUT2D eigenvalue weighted by Gasteiger charge is -2.24. The van der Waals surface area contributed by atoms with E-state index in [1.165, 1.54) is 24.3 Å². The summed E-state index contributed by atoms with van der Waals surface area (Å²) in [5.74, 6) is -1.85. The Labute approximate surface area is 121 Å². The molecule has 0 heterocycles. The Bertz CT molecular complexity index is 660. The molecule has 0 N–H and O–H groups in total. The normalized spacial score (nSPS) is 11.5. The molecule has 0 aromatic heterocycles. The van der Waals surface area contributed by atoms with Gasteiger partial charge < -0.3 is 0 Å². The highest BCUT2D eigenvalue weighted by atomic mass is 19.1. The maximum absolute atomic E-state index is 13.6. The van der Waals surface area contributed by atoms with Crippen LogP contribution in [-0.2, 0) is 16.6 Å². The lowest BCUT2D eigenvalue weighted by molar-refractivity contribution is -0.122. The van der Waals surface area contributed by atoms with Crippen LogP contribution in [0.5, 0.6) is 0 Å². The SMILES string of the molecule is CC(C)(C(=O)Cc1cc(F)ccc1F)c1ccc(F)cc1. The summed E-state index contributed by atoms with van der Waals surface area (Å²) in [4.78, 5) is 12.4. The van der Waals surface area contributed by atoms with Gasteiger partial charge in [0, 0.05) is 11.8 Å². The van der Waals surface area contributed by atoms with Gasteiger partial charge in [-0.2, -0.15) is 0 Å². The number of hydrogen-bond donors (Lipinski definition) is 0. The van der Waals surface area contributed by atoms with E-state index in [1.807, 2.05) is 0 Å². The first-order valence-electron chi connectivity index (χ1n) is 6.54. The Kier molecular flexibility index (Phi) is 4.16. The Morgan fingerprint density at radius 3 is 2.14 bits per heavy atom. The molecule has 1 nitrogen and oxygen atoms in total. The van der Waals surface area contributed by atoms with E-state index in [4.69, 9.17) is 0 Å². The van der Waals surface area contributed by atoms with Gasteiger partial charge in [-0.25, -0.2) is 13.2 Å². The van der Waals surface area contributed by atoms with E-state index in [1.54, 1.807) is 13.8 Å². The highest BCUT2D eigenvalue weighted by Crippen LogP contribution is 2.26. The Morgan fingerprint density at radius 2 is 1.52 bits per heavy atom. The van der Waals surface area contributed by atoms with Gasteiger partial charge in [0.1, 0.15) is 23.2 Å². The largest absolute Gasteiger partial charge is 0.298 e. The minimum atomic E-state index is -0.910. The average Bonchev–Trinajstić information content (AvgIpc) is 2.43. The molecule has 0 unspecified atom stereocenters. The Morgan fingerprint density at radius 1 is 0.952 bits per heavy atom. The number of ketones is 1. The third-order valence-electron chi connectivity index (χ3n) is 3.62. The molecule has 2 aromatic carbocycles. The minimum Gasteiger partial charge on any atom is -0.298 e. The van der Waals surface area contributed by atoms with Crippen molar-refractivity contribution in [2.75, 3.05) is 0 Å². The van der Waals surface area contributed by atoms with E-state index >= 15 is 0 Å². The second-order valence-electron chi connectivity index (χ2n) is 5.47. The van der Waals surface area contributed by atoms with Crippen LogP contribution in [-0.4, -0.2) is 5.78 Å². The summed E-state index contributed by atoms with van der Waals surface area (Å²) in [7, 11) is 0. The lowest BCUT2D eigenvalue weighted by Crippen LogP contribution is -2.30. The average molecular weight is 292 g/mol. The van der Waals surface area contributed by atoms with Crippen LogP contribution in [0.15, 0.2) is 42.5 Å². The summed E-state index contributed by atoms with van der Waals surface area (Å²) in [6.07, 6.45) is -0.214. The number of rotatable bonds is 4. The quantitative estimate of drug-likeness (QED) is 0.825. The van der Waals surface area contributed by atoms with Crippen molar-refractivity contribution in [3.05, 3.63) is 71.0 Å². The molecular weight excluding hydrogens is 277 g/mol. The van der Waals surface area contributed by atoms with Crippen LogP contribution < -0.4 is 0 Å². The number of halogens is 3. The third kappa shape index (κ3) is 3.32. The van der Waals surface area contributed by atoms with Gasteiger partial charge in [0.2, 0.25) is 0 Å². The van der Waals surface area contributed by atoms with Crippen molar-refractivity contribution in [1.29, 1.82) is 0 Å². The van der Waals surface area contributed by atoms with E-state index in [9.17, 15) is 18.0 Å². The smallest absolute Gasteiger partial charge is 0.147 e. The number of benzene rings is 2. The molecule has 0 aliphatic carbocycles. The van der Waals surface area contributed by atoms with Crippen molar-refractivity contribution >= 4 is 5.78 Å². The maximum Gasteiger partial charge on any atom is 0.147 e. The van der Waals surface area contributed by atoms with Crippen LogP contribution >= 0.6 is 0 Å². The summed E-state index contributed by atoms with van der Waals surface area (Å²) < 4.78 is 39.7. The van der Waals surface area contributed by atoms with Gasteiger partial charge in [0.15, 0.2) is 0 Å². The Hall–Kier alpha value is -2.10. The molecule has 0 amide bonds. The maximum atomic E-state index is 13.6. The molecule has 0 radical (unpaired) electrons. The van der Waals surface area contributed by atoms with Crippen molar-refractivity contribution in [1.82, 2.24) is 0 Å². The second-order valence-corrected chi connectivity index (χ2v) is 5.47. The highest BCUT2D eigenvalue weighted by molar-refractivity contribution is 5.91. The van der Waals surface area contributed by atoms with Crippen LogP contribution in [0.25, 0.3) is 0 Å². The fourth-order valence-electron chi connectivity index (χ4n) is 2.10. The van der Waals surface area contributed by atoms with Gasteiger partial charge in [-0.15, -0.1) is 0 Å². The number of hydrogen-bond acceptors (Lipinski definition) is 1. The highest BCUT2D eigenvalue weighted by Gasteiger charge is 2.30. The van der Waals surface area contributed by atoms with Crippen LogP contribution in [0, 0.1) is 17.5 Å². The van der Waals surface area contributed by atoms with Gasteiger partial charge in [-0.05, 0) is 55.3 Å². The molecule has 0 bridgehead atoms. The molecule has 0 aliphatic rings. The number of carbonyl (C=O) groups is 1. The Balaban J connectivity index is 2.26. The topological polar surface area (TPSA) is 17.1 Å². The first-order valence-corrected chi connectivity index (χ1v) is 6.54. The van der Waals surface area contributed by atoms with Gasteiger partial charge in [-0.3, -0.25) is 4.79 Å². The van der Waals surface area contributed by atoms with Gasteiger partial charge >= 0.3 is 0 Å². The van der Waals surface area contributed by atoms with Gasteiger partial charge in [-0.1, -0.05) is 12.1 Å². The van der Waals surface area contributed by atoms with E-state index in [2.05, 4.69) is 0 Å². The van der Waals surface area contributed by atoms with Gasteiger partial charge in [0.25, 0.3) is 0 Å². The molecule has 0 spiro atoms. The van der Waals surface area contributed by atoms with E-state index in [0.29, 0.717) is 5.56 Å². The summed E-state index contributed by atoms with van der Waals surface area (Å²) in [6.45, 7) is 3.36. The van der Waals surface area contributed by atoms with Crippen LogP contribution in [0.2, 0.25) is 0 Å². The molecule has 110 valence electrons. The van der Waals surface area contributed by atoms with Crippen molar-refractivity contribution in [3.63, 3.8) is 0 Å². The van der Waals surface area contributed by atoms with Crippen molar-refractivity contribution in [2.45, 2.75) is 25.7 Å². The second kappa shape index (κ2) is 5.72. The zero-order valence-corrected chi connectivity index (χ0v) is 11.8. The molecule has 0 saturated carbocycles. The monoisotopic (exact) mass is 292 g/mol. The van der Waals surface area contributed by atoms with Crippen molar-refractivity contribution in [3.8, 4) is 0 Å². The van der Waals surface area contributed by atoms with Gasteiger partial charge in [0.05, 0.1) is 0 Å². The summed E-state index contributed by atoms with van der Waals surface area (Å²) in [5.41, 5.74) is -0.257.